The van der Waals surface area contributed by atoms with E-state index < -0.39 is 5.97 Å². The number of pyridine rings is 1. The zero-order chi connectivity index (χ0) is 16.9. The maximum atomic E-state index is 12.2. The van der Waals surface area contributed by atoms with E-state index in [9.17, 15) is 9.59 Å². The summed E-state index contributed by atoms with van der Waals surface area (Å²) in [6, 6.07) is 8.98. The van der Waals surface area contributed by atoms with Crippen LogP contribution in [0, 0.1) is 0 Å². The van der Waals surface area contributed by atoms with Crippen molar-refractivity contribution >= 4 is 19.4 Å². The van der Waals surface area contributed by atoms with Gasteiger partial charge in [0, 0.05) is 18.3 Å². The van der Waals surface area contributed by atoms with Crippen LogP contribution in [0.15, 0.2) is 42.7 Å². The largest absolute Gasteiger partial charge is 0.561 e. The molecule has 1 amide bonds. The van der Waals surface area contributed by atoms with Crippen LogP contribution in [0.2, 0.25) is 0 Å². The number of para-hydroxylation sites is 1. The second kappa shape index (κ2) is 7.17. The smallest absolute Gasteiger partial charge is 0.363 e. The number of methoxy groups -OCH3 is 1. The highest BCUT2D eigenvalue weighted by Gasteiger charge is 2.27. The van der Waals surface area contributed by atoms with Crippen molar-refractivity contribution in [2.45, 2.75) is 18.8 Å². The van der Waals surface area contributed by atoms with Gasteiger partial charge in [0.15, 0.2) is 0 Å². The average Bonchev–Trinajstić information content (AvgIpc) is 2.61. The van der Waals surface area contributed by atoms with E-state index in [4.69, 9.17) is 9.39 Å². The number of rotatable bonds is 4. The molecule has 1 N–H and O–H groups in total. The van der Waals surface area contributed by atoms with E-state index in [1.54, 1.807) is 24.5 Å². The normalized spacial score (nSPS) is 15.5. The quantitative estimate of drug-likeness (QED) is 0.666. The van der Waals surface area contributed by atoms with Gasteiger partial charge in [-0.1, -0.05) is 12.1 Å². The molecule has 2 heterocycles. The summed E-state index contributed by atoms with van der Waals surface area (Å²) in [5.74, 6) is -0.0712. The lowest BCUT2D eigenvalue weighted by molar-refractivity contribution is -0.120. The lowest BCUT2D eigenvalue weighted by Crippen LogP contribution is -2.45. The summed E-state index contributed by atoms with van der Waals surface area (Å²) < 4.78 is 10.5. The molecule has 6 nitrogen and oxygen atoms in total. The number of nitrogens with one attached hydrogen (secondary N) is 1. The van der Waals surface area contributed by atoms with Gasteiger partial charge in [-0.05, 0) is 35.7 Å². The third kappa shape index (κ3) is 3.56. The van der Waals surface area contributed by atoms with Gasteiger partial charge >= 0.3 is 13.5 Å². The lowest BCUT2D eigenvalue weighted by Gasteiger charge is -2.26. The molecule has 0 bridgehead atoms. The molecule has 0 radical (unpaired) electrons. The van der Waals surface area contributed by atoms with Crippen LogP contribution in [0.3, 0.4) is 0 Å². The average molecular weight is 324 g/mol. The molecular weight excluding hydrogens is 307 g/mol. The highest BCUT2D eigenvalue weighted by molar-refractivity contribution is 6.32. The molecule has 122 valence electrons. The van der Waals surface area contributed by atoms with E-state index in [1.165, 1.54) is 7.11 Å². The van der Waals surface area contributed by atoms with Gasteiger partial charge in [0.05, 0.1) is 13.5 Å². The van der Waals surface area contributed by atoms with E-state index in [2.05, 4.69) is 10.3 Å². The lowest BCUT2D eigenvalue weighted by atomic mass is 9.79. The van der Waals surface area contributed by atoms with Crippen LogP contribution in [0.4, 0.5) is 0 Å². The number of aromatic nitrogens is 1. The molecular formula is C17H17BN2O4. The Kier molecular flexibility index (Phi) is 4.79. The van der Waals surface area contributed by atoms with E-state index >= 15 is 0 Å². The number of esters is 1. The molecule has 1 aliphatic heterocycles. The fraction of sp³-hybridized carbons (Fsp3) is 0.235. The highest BCUT2D eigenvalue weighted by Crippen LogP contribution is 2.28. The van der Waals surface area contributed by atoms with Gasteiger partial charge in [0.2, 0.25) is 5.91 Å². The van der Waals surface area contributed by atoms with Gasteiger partial charge in [-0.25, -0.2) is 4.79 Å². The van der Waals surface area contributed by atoms with Crippen molar-refractivity contribution in [3.8, 4) is 5.75 Å². The molecule has 0 saturated carbocycles. The molecule has 3 rings (SSSR count). The predicted molar refractivity (Wildman–Crippen MR) is 89.1 cm³/mol. The van der Waals surface area contributed by atoms with Crippen molar-refractivity contribution < 1.29 is 19.0 Å². The minimum Gasteiger partial charge on any atom is -0.561 e. The third-order valence-electron chi connectivity index (χ3n) is 3.88. The van der Waals surface area contributed by atoms with Crippen LogP contribution in [0.25, 0.3) is 0 Å². The Labute approximate surface area is 140 Å². The minimum atomic E-state index is -0.424. The Bertz CT molecular complexity index is 752. The van der Waals surface area contributed by atoms with Crippen LogP contribution < -0.4 is 9.97 Å². The van der Waals surface area contributed by atoms with Gasteiger partial charge in [0.1, 0.15) is 11.3 Å². The first kappa shape index (κ1) is 16.0. The molecule has 7 heteroatoms. The zero-order valence-electron chi connectivity index (χ0n) is 13.3. The second-order valence-electron chi connectivity index (χ2n) is 5.60. The molecule has 0 fully saturated rings. The molecule has 1 aliphatic rings. The zero-order valence-corrected chi connectivity index (χ0v) is 13.3. The van der Waals surface area contributed by atoms with Gasteiger partial charge in [-0.2, -0.15) is 0 Å². The second-order valence-corrected chi connectivity index (χ2v) is 5.60. The number of nitrogens with zero attached hydrogens (tertiary/aromatic N) is 1. The standard InChI is InChI=1S/C17H17BN2O4/c1-23-17(22)13-4-2-3-12-10-14(18-24-16(12)13)20-15(21)9-11-5-7-19-8-6-11/h2-8,14,18H,9-10H2,1H3,(H,20,21). The number of fused-ring (bicyclic) bond motifs is 1. The van der Waals surface area contributed by atoms with Crippen LogP contribution in [-0.2, 0) is 22.4 Å². The molecule has 2 aromatic rings. The summed E-state index contributed by atoms with van der Waals surface area (Å²) in [5.41, 5.74) is 2.21. The van der Waals surface area contributed by atoms with E-state index in [-0.39, 0.29) is 11.8 Å². The SMILES string of the molecule is COC(=O)c1cccc2c1OBC(NC(=O)Cc1ccncc1)C2. The Morgan fingerprint density at radius 3 is 2.88 bits per heavy atom. The molecule has 0 aliphatic carbocycles. The van der Waals surface area contributed by atoms with E-state index in [0.29, 0.717) is 31.6 Å². The Balaban J connectivity index is 1.65. The summed E-state index contributed by atoms with van der Waals surface area (Å²) in [7, 11) is 1.66. The molecule has 0 spiro atoms. The van der Waals surface area contributed by atoms with Crippen LogP contribution in [-0.4, -0.2) is 37.4 Å². The van der Waals surface area contributed by atoms with Crippen molar-refractivity contribution in [2.24, 2.45) is 0 Å². The number of amides is 1. The molecule has 24 heavy (non-hydrogen) atoms. The maximum Gasteiger partial charge on any atom is 0.363 e. The fourth-order valence-corrected chi connectivity index (χ4v) is 2.75. The molecule has 1 atom stereocenters. The summed E-state index contributed by atoms with van der Waals surface area (Å²) >= 11 is 0. The summed E-state index contributed by atoms with van der Waals surface area (Å²) in [6.45, 7) is 0. The Morgan fingerprint density at radius 2 is 2.12 bits per heavy atom. The number of benzene rings is 1. The summed E-state index contributed by atoms with van der Waals surface area (Å²) in [6.07, 6.45) is 4.24. The van der Waals surface area contributed by atoms with Crippen molar-refractivity contribution in [3.63, 3.8) is 0 Å². The number of carbonyl (C=O) groups excluding carboxylic acids is 2. The predicted octanol–water partition coefficient (Wildman–Crippen LogP) is 0.840. The first-order valence-electron chi connectivity index (χ1n) is 7.68. The Hall–Kier alpha value is -2.83. The third-order valence-corrected chi connectivity index (χ3v) is 3.88. The van der Waals surface area contributed by atoms with Gasteiger partial charge < -0.3 is 14.7 Å². The van der Waals surface area contributed by atoms with E-state index in [0.717, 1.165) is 11.1 Å². The number of hydrogen-bond donors (Lipinski definition) is 1. The first-order valence-corrected chi connectivity index (χ1v) is 7.68. The van der Waals surface area contributed by atoms with Gasteiger partial charge in [-0.3, -0.25) is 9.78 Å². The molecule has 1 aromatic heterocycles. The summed E-state index contributed by atoms with van der Waals surface area (Å²) in [4.78, 5) is 27.9. The van der Waals surface area contributed by atoms with Crippen molar-refractivity contribution in [2.75, 3.05) is 7.11 Å². The molecule has 1 aromatic carbocycles. The topological polar surface area (TPSA) is 77.5 Å². The monoisotopic (exact) mass is 324 g/mol. The highest BCUT2D eigenvalue weighted by atomic mass is 16.5. The van der Waals surface area contributed by atoms with Crippen LogP contribution in [0.1, 0.15) is 21.5 Å². The minimum absolute atomic E-state index is 0.0672. The first-order chi connectivity index (χ1) is 11.7. The fourth-order valence-electron chi connectivity index (χ4n) is 2.75. The Morgan fingerprint density at radius 1 is 1.33 bits per heavy atom. The van der Waals surface area contributed by atoms with Gasteiger partial charge in [-0.15, -0.1) is 0 Å². The molecule has 1 unspecified atom stereocenters. The van der Waals surface area contributed by atoms with Crippen LogP contribution >= 0.6 is 0 Å². The number of hydrogen-bond acceptors (Lipinski definition) is 5. The van der Waals surface area contributed by atoms with E-state index in [1.807, 2.05) is 18.2 Å². The number of carbonyl (C=O) groups is 2. The summed E-state index contributed by atoms with van der Waals surface area (Å²) in [5, 5.41) is 2.97. The van der Waals surface area contributed by atoms with Crippen molar-refractivity contribution in [3.05, 3.63) is 59.4 Å². The molecule has 0 saturated heterocycles. The van der Waals surface area contributed by atoms with Crippen molar-refractivity contribution in [1.82, 2.24) is 10.3 Å². The van der Waals surface area contributed by atoms with Crippen LogP contribution in [0.5, 0.6) is 5.75 Å². The van der Waals surface area contributed by atoms with Gasteiger partial charge in [0.25, 0.3) is 0 Å². The van der Waals surface area contributed by atoms with Crippen molar-refractivity contribution in [1.29, 1.82) is 0 Å². The number of ether oxygens (including phenoxy) is 1. The maximum absolute atomic E-state index is 12.2.